The molecule has 1 saturated carbocycles. The molecule has 0 radical (unpaired) electrons. The van der Waals surface area contributed by atoms with Crippen LogP contribution in [0.2, 0.25) is 0 Å². The Balaban J connectivity index is 1.74. The molecule has 2 nitrogen and oxygen atoms in total. The SMILES string of the molecule is CC(C)OCCCNCCSC1CCCC1. The van der Waals surface area contributed by atoms with Crippen molar-refractivity contribution in [1.29, 1.82) is 0 Å². The molecule has 0 aromatic carbocycles. The summed E-state index contributed by atoms with van der Waals surface area (Å²) in [6, 6.07) is 0. The van der Waals surface area contributed by atoms with E-state index in [9.17, 15) is 0 Å². The maximum absolute atomic E-state index is 5.48. The smallest absolute Gasteiger partial charge is 0.0518 e. The molecule has 1 N–H and O–H groups in total. The van der Waals surface area contributed by atoms with E-state index in [1.165, 1.54) is 31.4 Å². The van der Waals surface area contributed by atoms with Gasteiger partial charge in [0, 0.05) is 24.2 Å². The molecule has 0 unspecified atom stereocenters. The molecule has 96 valence electrons. The van der Waals surface area contributed by atoms with E-state index in [1.807, 2.05) is 0 Å². The van der Waals surface area contributed by atoms with Crippen LogP contribution in [0.25, 0.3) is 0 Å². The Morgan fingerprint density at radius 1 is 1.25 bits per heavy atom. The fourth-order valence-electron chi connectivity index (χ4n) is 1.99. The van der Waals surface area contributed by atoms with Gasteiger partial charge < -0.3 is 10.1 Å². The van der Waals surface area contributed by atoms with E-state index in [0.29, 0.717) is 6.10 Å². The highest BCUT2D eigenvalue weighted by Gasteiger charge is 2.14. The fourth-order valence-corrected chi connectivity index (χ4v) is 3.26. The maximum Gasteiger partial charge on any atom is 0.0518 e. The Morgan fingerprint density at radius 3 is 2.69 bits per heavy atom. The van der Waals surface area contributed by atoms with Crippen LogP contribution in [0.3, 0.4) is 0 Å². The predicted molar refractivity (Wildman–Crippen MR) is 73.3 cm³/mol. The van der Waals surface area contributed by atoms with Crippen molar-refractivity contribution < 1.29 is 4.74 Å². The third kappa shape index (κ3) is 7.53. The first-order valence-corrected chi connectivity index (χ1v) is 7.78. The highest BCUT2D eigenvalue weighted by Crippen LogP contribution is 2.28. The van der Waals surface area contributed by atoms with E-state index < -0.39 is 0 Å². The third-order valence-electron chi connectivity index (χ3n) is 2.88. The minimum Gasteiger partial charge on any atom is -0.379 e. The second-order valence-electron chi connectivity index (χ2n) is 4.80. The van der Waals surface area contributed by atoms with E-state index in [0.717, 1.165) is 31.4 Å². The second kappa shape index (κ2) is 9.32. The first-order valence-electron chi connectivity index (χ1n) is 6.73. The van der Waals surface area contributed by atoms with E-state index in [-0.39, 0.29) is 0 Å². The number of thioether (sulfide) groups is 1. The molecule has 1 rings (SSSR count). The molecule has 0 spiro atoms. The molecule has 1 aliphatic rings. The van der Waals surface area contributed by atoms with Gasteiger partial charge in [0.05, 0.1) is 6.10 Å². The van der Waals surface area contributed by atoms with Crippen molar-refractivity contribution >= 4 is 11.8 Å². The average molecular weight is 245 g/mol. The van der Waals surface area contributed by atoms with Gasteiger partial charge in [0.15, 0.2) is 0 Å². The van der Waals surface area contributed by atoms with E-state index >= 15 is 0 Å². The zero-order valence-corrected chi connectivity index (χ0v) is 11.7. The first kappa shape index (κ1) is 14.3. The summed E-state index contributed by atoms with van der Waals surface area (Å²) in [4.78, 5) is 0. The third-order valence-corrected chi connectivity index (χ3v) is 4.27. The van der Waals surface area contributed by atoms with Crippen molar-refractivity contribution in [2.45, 2.75) is 57.3 Å². The largest absolute Gasteiger partial charge is 0.379 e. The van der Waals surface area contributed by atoms with Crippen LogP contribution < -0.4 is 5.32 Å². The van der Waals surface area contributed by atoms with Crippen molar-refractivity contribution in [2.24, 2.45) is 0 Å². The molecule has 0 saturated heterocycles. The van der Waals surface area contributed by atoms with Crippen LogP contribution in [0.15, 0.2) is 0 Å². The predicted octanol–water partition coefficient (Wildman–Crippen LogP) is 3.07. The van der Waals surface area contributed by atoms with Crippen molar-refractivity contribution in [2.75, 3.05) is 25.4 Å². The molecular weight excluding hydrogens is 218 g/mol. The lowest BCUT2D eigenvalue weighted by atomic mass is 10.4. The summed E-state index contributed by atoms with van der Waals surface area (Å²) in [5, 5.41) is 4.45. The van der Waals surface area contributed by atoms with Gasteiger partial charge in [-0.1, -0.05) is 12.8 Å². The lowest BCUT2D eigenvalue weighted by Gasteiger charge is -2.10. The Morgan fingerprint density at radius 2 is 2.00 bits per heavy atom. The Labute approximate surface area is 105 Å². The number of nitrogens with one attached hydrogen (secondary N) is 1. The van der Waals surface area contributed by atoms with Gasteiger partial charge in [-0.25, -0.2) is 0 Å². The van der Waals surface area contributed by atoms with Crippen LogP contribution >= 0.6 is 11.8 Å². The van der Waals surface area contributed by atoms with Crippen LogP contribution in [0.4, 0.5) is 0 Å². The van der Waals surface area contributed by atoms with E-state index in [2.05, 4.69) is 30.9 Å². The van der Waals surface area contributed by atoms with Gasteiger partial charge in [-0.3, -0.25) is 0 Å². The molecule has 1 aliphatic carbocycles. The average Bonchev–Trinajstić information content (AvgIpc) is 2.74. The molecule has 0 amide bonds. The van der Waals surface area contributed by atoms with Crippen LogP contribution in [-0.4, -0.2) is 36.8 Å². The fraction of sp³-hybridized carbons (Fsp3) is 1.00. The Hall–Kier alpha value is 0.270. The number of rotatable bonds is 9. The van der Waals surface area contributed by atoms with Gasteiger partial charge in [0.1, 0.15) is 0 Å². The summed E-state index contributed by atoms with van der Waals surface area (Å²) < 4.78 is 5.48. The van der Waals surface area contributed by atoms with Gasteiger partial charge in [-0.05, 0) is 39.7 Å². The first-order chi connectivity index (χ1) is 7.79. The Kier molecular flexibility index (Phi) is 8.34. The van der Waals surface area contributed by atoms with E-state index in [4.69, 9.17) is 4.74 Å². The molecular formula is C13H27NOS. The van der Waals surface area contributed by atoms with Crippen molar-refractivity contribution in [1.82, 2.24) is 5.32 Å². The van der Waals surface area contributed by atoms with Crippen LogP contribution in [0.1, 0.15) is 46.0 Å². The molecule has 0 heterocycles. The lowest BCUT2D eigenvalue weighted by molar-refractivity contribution is 0.0772. The standard InChI is InChI=1S/C13H27NOS/c1-12(2)15-10-5-8-14-9-11-16-13-6-3-4-7-13/h12-14H,3-11H2,1-2H3. The van der Waals surface area contributed by atoms with Gasteiger partial charge in [-0.2, -0.15) is 11.8 Å². The molecule has 16 heavy (non-hydrogen) atoms. The van der Waals surface area contributed by atoms with Crippen LogP contribution in [0.5, 0.6) is 0 Å². The van der Waals surface area contributed by atoms with E-state index in [1.54, 1.807) is 0 Å². The minimum atomic E-state index is 0.373. The summed E-state index contributed by atoms with van der Waals surface area (Å²) in [5.74, 6) is 1.27. The summed E-state index contributed by atoms with van der Waals surface area (Å²) in [7, 11) is 0. The molecule has 1 fully saturated rings. The highest BCUT2D eigenvalue weighted by atomic mass is 32.2. The number of ether oxygens (including phenoxy) is 1. The van der Waals surface area contributed by atoms with Crippen molar-refractivity contribution in [3.05, 3.63) is 0 Å². The van der Waals surface area contributed by atoms with Gasteiger partial charge >= 0.3 is 0 Å². The maximum atomic E-state index is 5.48. The number of hydrogen-bond donors (Lipinski definition) is 1. The zero-order valence-electron chi connectivity index (χ0n) is 10.8. The summed E-state index contributed by atoms with van der Waals surface area (Å²) >= 11 is 2.16. The summed E-state index contributed by atoms with van der Waals surface area (Å²) in [5.41, 5.74) is 0. The molecule has 0 atom stereocenters. The molecule has 0 bridgehead atoms. The number of hydrogen-bond acceptors (Lipinski definition) is 3. The van der Waals surface area contributed by atoms with Crippen molar-refractivity contribution in [3.8, 4) is 0 Å². The van der Waals surface area contributed by atoms with Gasteiger partial charge in [-0.15, -0.1) is 0 Å². The van der Waals surface area contributed by atoms with Crippen molar-refractivity contribution in [3.63, 3.8) is 0 Å². The quantitative estimate of drug-likeness (QED) is 0.631. The van der Waals surface area contributed by atoms with Crippen LogP contribution in [0, 0.1) is 0 Å². The summed E-state index contributed by atoms with van der Waals surface area (Å²) in [6.45, 7) is 7.32. The normalized spacial score (nSPS) is 17.4. The molecule has 0 aromatic rings. The zero-order chi connectivity index (χ0) is 11.6. The monoisotopic (exact) mass is 245 g/mol. The molecule has 3 heteroatoms. The van der Waals surface area contributed by atoms with Crippen LogP contribution in [-0.2, 0) is 4.74 Å². The second-order valence-corrected chi connectivity index (χ2v) is 6.21. The Bertz CT molecular complexity index is 158. The molecule has 0 aromatic heterocycles. The summed E-state index contributed by atoms with van der Waals surface area (Å²) in [6.07, 6.45) is 7.32. The lowest BCUT2D eigenvalue weighted by Crippen LogP contribution is -2.21. The topological polar surface area (TPSA) is 21.3 Å². The highest BCUT2D eigenvalue weighted by molar-refractivity contribution is 7.99. The minimum absolute atomic E-state index is 0.373. The van der Waals surface area contributed by atoms with Gasteiger partial charge in [0.25, 0.3) is 0 Å². The molecule has 0 aliphatic heterocycles. The van der Waals surface area contributed by atoms with Gasteiger partial charge in [0.2, 0.25) is 0 Å².